The fraction of sp³-hybridized carbons (Fsp3) is 0.571. The summed E-state index contributed by atoms with van der Waals surface area (Å²) < 4.78 is 5.99. The normalized spacial score (nSPS) is 31.1. The lowest BCUT2D eigenvalue weighted by molar-refractivity contribution is 0.0337. The Morgan fingerprint density at radius 2 is 1.88 bits per heavy atom. The maximum atomic E-state index is 5.99. The Bertz CT molecular complexity index is 333. The second-order valence-corrected chi connectivity index (χ2v) is 4.97. The van der Waals surface area contributed by atoms with E-state index in [1.54, 1.807) is 0 Å². The van der Waals surface area contributed by atoms with Gasteiger partial charge in [-0.25, -0.2) is 0 Å². The summed E-state index contributed by atoms with van der Waals surface area (Å²) >= 11 is 0. The molecule has 0 spiro atoms. The van der Waals surface area contributed by atoms with E-state index in [1.807, 2.05) is 0 Å². The van der Waals surface area contributed by atoms with Crippen molar-refractivity contribution in [3.63, 3.8) is 0 Å². The van der Waals surface area contributed by atoms with Crippen LogP contribution in [0.3, 0.4) is 0 Å². The van der Waals surface area contributed by atoms with Gasteiger partial charge in [-0.05, 0) is 25.3 Å². The molecule has 1 heterocycles. The second-order valence-electron chi connectivity index (χ2n) is 4.97. The van der Waals surface area contributed by atoms with Crippen LogP contribution in [0, 0.1) is 12.8 Å². The Balaban J connectivity index is 2.15. The molecule has 2 heteroatoms. The fourth-order valence-electron chi connectivity index (χ4n) is 2.11. The lowest BCUT2D eigenvalue weighted by Crippen LogP contribution is -2.32. The van der Waals surface area contributed by atoms with Gasteiger partial charge in [-0.1, -0.05) is 36.8 Å². The summed E-state index contributed by atoms with van der Waals surface area (Å²) in [5.74, 6) is 0.595. The van der Waals surface area contributed by atoms with Crippen LogP contribution < -0.4 is 5.32 Å². The van der Waals surface area contributed by atoms with Crippen LogP contribution in [0.25, 0.3) is 0 Å². The number of aryl methyl sites for hydroxylation is 1. The first-order valence-corrected chi connectivity index (χ1v) is 6.08. The molecule has 1 fully saturated rings. The van der Waals surface area contributed by atoms with E-state index in [9.17, 15) is 0 Å². The summed E-state index contributed by atoms with van der Waals surface area (Å²) in [4.78, 5) is 0. The van der Waals surface area contributed by atoms with Crippen molar-refractivity contribution in [3.05, 3.63) is 35.4 Å². The molecule has 1 aliphatic rings. The predicted octanol–water partition coefficient (Wildman–Crippen LogP) is 2.68. The molecule has 3 atom stereocenters. The molecule has 2 nitrogen and oxygen atoms in total. The van der Waals surface area contributed by atoms with Gasteiger partial charge >= 0.3 is 0 Å². The minimum Gasteiger partial charge on any atom is -0.372 e. The molecule has 1 aromatic carbocycles. The van der Waals surface area contributed by atoms with Gasteiger partial charge in [-0.2, -0.15) is 0 Å². The zero-order valence-corrected chi connectivity index (χ0v) is 10.4. The van der Waals surface area contributed by atoms with Gasteiger partial charge in [-0.15, -0.1) is 0 Å². The van der Waals surface area contributed by atoms with Crippen molar-refractivity contribution in [1.29, 1.82) is 0 Å². The van der Waals surface area contributed by atoms with Gasteiger partial charge in [0.2, 0.25) is 0 Å². The Labute approximate surface area is 98.0 Å². The largest absolute Gasteiger partial charge is 0.372 e. The molecule has 1 saturated heterocycles. The molecule has 0 radical (unpaired) electrons. The summed E-state index contributed by atoms with van der Waals surface area (Å²) in [5, 5.41) is 3.53. The van der Waals surface area contributed by atoms with E-state index in [2.05, 4.69) is 50.4 Å². The first-order chi connectivity index (χ1) is 7.66. The van der Waals surface area contributed by atoms with Gasteiger partial charge in [0.1, 0.15) is 0 Å². The SMILES string of the molecule is Cc1ccc(C2OCC(C)CNC2C)cc1. The highest BCUT2D eigenvalue weighted by atomic mass is 16.5. The highest BCUT2D eigenvalue weighted by Gasteiger charge is 2.24. The van der Waals surface area contributed by atoms with Crippen molar-refractivity contribution < 1.29 is 4.74 Å². The smallest absolute Gasteiger partial charge is 0.0975 e. The van der Waals surface area contributed by atoms with E-state index in [1.165, 1.54) is 11.1 Å². The maximum absolute atomic E-state index is 5.99. The van der Waals surface area contributed by atoms with Gasteiger partial charge in [0, 0.05) is 12.6 Å². The minimum atomic E-state index is 0.186. The number of rotatable bonds is 1. The number of ether oxygens (including phenoxy) is 1. The van der Waals surface area contributed by atoms with E-state index in [-0.39, 0.29) is 6.10 Å². The van der Waals surface area contributed by atoms with Crippen LogP contribution in [0.4, 0.5) is 0 Å². The zero-order chi connectivity index (χ0) is 11.5. The van der Waals surface area contributed by atoms with Crippen LogP contribution >= 0.6 is 0 Å². The highest BCUT2D eigenvalue weighted by molar-refractivity contribution is 5.24. The van der Waals surface area contributed by atoms with Gasteiger partial charge in [0.25, 0.3) is 0 Å². The van der Waals surface area contributed by atoms with Crippen LogP contribution in [0.1, 0.15) is 31.1 Å². The summed E-state index contributed by atoms with van der Waals surface area (Å²) in [5.41, 5.74) is 2.58. The summed E-state index contributed by atoms with van der Waals surface area (Å²) in [6.45, 7) is 8.42. The molecule has 0 aliphatic carbocycles. The predicted molar refractivity (Wildman–Crippen MR) is 66.5 cm³/mol. The quantitative estimate of drug-likeness (QED) is 0.784. The van der Waals surface area contributed by atoms with Crippen molar-refractivity contribution in [3.8, 4) is 0 Å². The molecule has 88 valence electrons. The molecule has 0 amide bonds. The topological polar surface area (TPSA) is 21.3 Å². The van der Waals surface area contributed by atoms with Gasteiger partial charge in [0.15, 0.2) is 0 Å². The van der Waals surface area contributed by atoms with Gasteiger partial charge in [-0.3, -0.25) is 0 Å². The maximum Gasteiger partial charge on any atom is 0.0975 e. The van der Waals surface area contributed by atoms with Crippen molar-refractivity contribution in [1.82, 2.24) is 5.32 Å². The number of hydrogen-bond donors (Lipinski definition) is 1. The Hall–Kier alpha value is -0.860. The van der Waals surface area contributed by atoms with E-state index < -0.39 is 0 Å². The fourth-order valence-corrected chi connectivity index (χ4v) is 2.11. The molecular formula is C14H21NO. The third kappa shape index (κ3) is 2.63. The standard InChI is InChI=1S/C14H21NO/c1-10-4-6-13(7-5-10)14-12(3)15-8-11(2)9-16-14/h4-7,11-12,14-15H,8-9H2,1-3H3. The monoisotopic (exact) mass is 219 g/mol. The number of benzene rings is 1. The van der Waals surface area contributed by atoms with Crippen LogP contribution in [-0.2, 0) is 4.74 Å². The molecule has 16 heavy (non-hydrogen) atoms. The van der Waals surface area contributed by atoms with Crippen molar-refractivity contribution >= 4 is 0 Å². The number of nitrogens with one attached hydrogen (secondary N) is 1. The van der Waals surface area contributed by atoms with Crippen LogP contribution in [0.5, 0.6) is 0 Å². The average molecular weight is 219 g/mol. The highest BCUT2D eigenvalue weighted by Crippen LogP contribution is 2.24. The van der Waals surface area contributed by atoms with Crippen molar-refractivity contribution in [2.75, 3.05) is 13.2 Å². The van der Waals surface area contributed by atoms with Gasteiger partial charge < -0.3 is 10.1 Å². The Kier molecular flexibility index (Phi) is 3.62. The molecule has 0 saturated carbocycles. The van der Waals surface area contributed by atoms with Crippen molar-refractivity contribution in [2.45, 2.75) is 32.9 Å². The molecular weight excluding hydrogens is 198 g/mol. The first-order valence-electron chi connectivity index (χ1n) is 6.08. The molecule has 0 aromatic heterocycles. The molecule has 3 unspecified atom stereocenters. The molecule has 2 rings (SSSR count). The van der Waals surface area contributed by atoms with E-state index in [4.69, 9.17) is 4.74 Å². The summed E-state index contributed by atoms with van der Waals surface area (Å²) in [7, 11) is 0. The molecule has 1 aliphatic heterocycles. The lowest BCUT2D eigenvalue weighted by Gasteiger charge is -2.22. The Morgan fingerprint density at radius 3 is 2.56 bits per heavy atom. The van der Waals surface area contributed by atoms with E-state index in [0.29, 0.717) is 12.0 Å². The number of hydrogen-bond acceptors (Lipinski definition) is 2. The van der Waals surface area contributed by atoms with Crippen molar-refractivity contribution in [2.24, 2.45) is 5.92 Å². The molecule has 1 aromatic rings. The van der Waals surface area contributed by atoms with E-state index >= 15 is 0 Å². The average Bonchev–Trinajstić information content (AvgIpc) is 2.44. The van der Waals surface area contributed by atoms with Crippen LogP contribution in [0.15, 0.2) is 24.3 Å². The minimum absolute atomic E-state index is 0.186. The van der Waals surface area contributed by atoms with Crippen LogP contribution in [0.2, 0.25) is 0 Å². The Morgan fingerprint density at radius 1 is 1.19 bits per heavy atom. The van der Waals surface area contributed by atoms with E-state index in [0.717, 1.165) is 13.2 Å². The third-order valence-electron chi connectivity index (χ3n) is 3.21. The lowest BCUT2D eigenvalue weighted by atomic mass is 10.0. The molecule has 0 bridgehead atoms. The van der Waals surface area contributed by atoms with Crippen LogP contribution in [-0.4, -0.2) is 19.2 Å². The summed E-state index contributed by atoms with van der Waals surface area (Å²) in [6, 6.07) is 9.04. The molecule has 1 N–H and O–H groups in total. The van der Waals surface area contributed by atoms with Gasteiger partial charge in [0.05, 0.1) is 12.7 Å². The third-order valence-corrected chi connectivity index (χ3v) is 3.21. The zero-order valence-electron chi connectivity index (χ0n) is 10.4. The second kappa shape index (κ2) is 4.98. The first kappa shape index (κ1) is 11.6. The summed E-state index contributed by atoms with van der Waals surface area (Å²) in [6.07, 6.45) is 0.186.